The van der Waals surface area contributed by atoms with Crippen molar-refractivity contribution in [3.63, 3.8) is 0 Å². The second-order valence-corrected chi connectivity index (χ2v) is 9.71. The number of rotatable bonds is 7. The molecule has 0 aliphatic heterocycles. The van der Waals surface area contributed by atoms with Crippen molar-refractivity contribution in [1.29, 1.82) is 0 Å². The Bertz CT molecular complexity index is 1430. The molecule has 8 nitrogen and oxygen atoms in total. The predicted octanol–water partition coefficient (Wildman–Crippen LogP) is 2.59. The van der Waals surface area contributed by atoms with Gasteiger partial charge < -0.3 is 10.1 Å². The van der Waals surface area contributed by atoms with Crippen molar-refractivity contribution in [3.8, 4) is 0 Å². The molecule has 10 heteroatoms. The fourth-order valence-electron chi connectivity index (χ4n) is 3.61. The highest BCUT2D eigenvalue weighted by Gasteiger charge is 2.30. The van der Waals surface area contributed by atoms with Gasteiger partial charge in [-0.05, 0) is 54.1 Å². The van der Waals surface area contributed by atoms with Gasteiger partial charge in [-0.15, -0.1) is 0 Å². The van der Waals surface area contributed by atoms with Crippen molar-refractivity contribution in [1.82, 2.24) is 18.0 Å². The van der Waals surface area contributed by atoms with Crippen molar-refractivity contribution in [3.05, 3.63) is 63.4 Å². The van der Waals surface area contributed by atoms with Gasteiger partial charge in [0.25, 0.3) is 5.56 Å². The Hall–Kier alpha value is -2.66. The van der Waals surface area contributed by atoms with Crippen LogP contribution in [0.5, 0.6) is 0 Å². The summed E-state index contributed by atoms with van der Waals surface area (Å²) in [6, 6.07) is 10.9. The van der Waals surface area contributed by atoms with Gasteiger partial charge in [-0.2, -0.15) is 13.1 Å². The van der Waals surface area contributed by atoms with Gasteiger partial charge in [0.1, 0.15) is 15.9 Å². The fraction of sp³-hybridized carbons (Fsp3) is 0.286. The molecule has 0 aliphatic carbocycles. The number of sulfonamides is 1. The highest BCUT2D eigenvalue weighted by atomic mass is 32.2. The first-order valence-electron chi connectivity index (χ1n) is 9.83. The first-order valence-corrected chi connectivity index (χ1v) is 12.0. The SMILES string of the molecule is CCc1ccc2[nH]c(=O)c(CN(CCO)S(=O)(=O)c3c(C)ccc4nsnc34)cc2c1. The standard InChI is InChI=1S/C21H22N4O4S2/c1-3-14-5-7-17-15(10-14)11-16(21(27)22-17)12-25(8-9-26)31(28,29)20-13(2)4-6-18-19(20)24-30-23-18/h4-7,10-11,26H,3,8-9,12H2,1-2H3,(H,22,27). The molecule has 0 spiro atoms. The number of nitrogens with zero attached hydrogens (tertiary/aromatic N) is 3. The molecule has 0 unspecified atom stereocenters. The first-order chi connectivity index (χ1) is 14.8. The molecule has 2 heterocycles. The van der Waals surface area contributed by atoms with Crippen LogP contribution in [-0.2, 0) is 23.0 Å². The van der Waals surface area contributed by atoms with Crippen molar-refractivity contribution >= 4 is 43.7 Å². The molecule has 0 amide bonds. The minimum Gasteiger partial charge on any atom is -0.395 e. The van der Waals surface area contributed by atoms with Crippen LogP contribution in [0.2, 0.25) is 0 Å². The Morgan fingerprint density at radius 2 is 1.97 bits per heavy atom. The van der Waals surface area contributed by atoms with Gasteiger partial charge in [0, 0.05) is 24.2 Å². The van der Waals surface area contributed by atoms with E-state index < -0.39 is 10.0 Å². The van der Waals surface area contributed by atoms with Gasteiger partial charge in [0.05, 0.1) is 18.3 Å². The average molecular weight is 459 g/mol. The molecule has 0 bridgehead atoms. The molecule has 0 fully saturated rings. The molecule has 0 atom stereocenters. The summed E-state index contributed by atoms with van der Waals surface area (Å²) in [5.74, 6) is 0. The van der Waals surface area contributed by atoms with E-state index in [0.717, 1.165) is 33.4 Å². The normalized spacial score (nSPS) is 12.3. The van der Waals surface area contributed by atoms with E-state index in [1.165, 1.54) is 0 Å². The zero-order valence-electron chi connectivity index (χ0n) is 17.1. The summed E-state index contributed by atoms with van der Waals surface area (Å²) in [6.07, 6.45) is 0.848. The maximum Gasteiger partial charge on any atom is 0.252 e. The van der Waals surface area contributed by atoms with Crippen LogP contribution < -0.4 is 5.56 Å². The molecule has 2 aromatic carbocycles. The van der Waals surface area contributed by atoms with Crippen LogP contribution in [0.15, 0.2) is 46.1 Å². The first kappa shape index (κ1) is 21.6. The number of H-pyrrole nitrogens is 1. The molecule has 0 saturated carbocycles. The Balaban J connectivity index is 1.81. The molecule has 4 rings (SSSR count). The smallest absolute Gasteiger partial charge is 0.252 e. The Morgan fingerprint density at radius 3 is 2.71 bits per heavy atom. The fourth-order valence-corrected chi connectivity index (χ4v) is 5.97. The van der Waals surface area contributed by atoms with Gasteiger partial charge in [0.15, 0.2) is 0 Å². The second-order valence-electron chi connectivity index (χ2n) is 7.30. The van der Waals surface area contributed by atoms with Crippen molar-refractivity contribution in [2.45, 2.75) is 31.7 Å². The van der Waals surface area contributed by atoms with Gasteiger partial charge in [-0.3, -0.25) is 4.79 Å². The molecule has 0 saturated heterocycles. The van der Waals surface area contributed by atoms with E-state index in [1.807, 2.05) is 25.1 Å². The summed E-state index contributed by atoms with van der Waals surface area (Å²) >= 11 is 0.941. The topological polar surface area (TPSA) is 116 Å². The lowest BCUT2D eigenvalue weighted by Gasteiger charge is -2.22. The number of benzene rings is 2. The predicted molar refractivity (Wildman–Crippen MR) is 121 cm³/mol. The van der Waals surface area contributed by atoms with Gasteiger partial charge >= 0.3 is 0 Å². The molecular formula is C21H22N4O4S2. The number of aliphatic hydroxyl groups is 1. The Morgan fingerprint density at radius 1 is 1.16 bits per heavy atom. The van der Waals surface area contributed by atoms with Crippen molar-refractivity contribution < 1.29 is 13.5 Å². The van der Waals surface area contributed by atoms with E-state index in [-0.39, 0.29) is 30.2 Å². The monoisotopic (exact) mass is 458 g/mol. The summed E-state index contributed by atoms with van der Waals surface area (Å²) in [5.41, 5.74) is 3.07. The van der Waals surface area contributed by atoms with E-state index in [4.69, 9.17) is 0 Å². The van der Waals surface area contributed by atoms with Crippen LogP contribution in [0.4, 0.5) is 0 Å². The molecule has 4 aromatic rings. The number of nitrogens with one attached hydrogen (secondary N) is 1. The molecule has 31 heavy (non-hydrogen) atoms. The summed E-state index contributed by atoms with van der Waals surface area (Å²) in [5, 5.41) is 10.4. The number of aromatic nitrogens is 3. The zero-order chi connectivity index (χ0) is 22.2. The Kier molecular flexibility index (Phi) is 5.89. The summed E-state index contributed by atoms with van der Waals surface area (Å²) in [6.45, 7) is 3.03. The van der Waals surface area contributed by atoms with Gasteiger partial charge in [-0.1, -0.05) is 19.1 Å². The van der Waals surface area contributed by atoms with E-state index in [1.54, 1.807) is 25.1 Å². The third kappa shape index (κ3) is 3.99. The number of aliphatic hydroxyl groups excluding tert-OH is 1. The lowest BCUT2D eigenvalue weighted by atomic mass is 10.1. The quantitative estimate of drug-likeness (QED) is 0.440. The van der Waals surface area contributed by atoms with Crippen molar-refractivity contribution in [2.24, 2.45) is 0 Å². The van der Waals surface area contributed by atoms with Crippen LogP contribution in [0.3, 0.4) is 0 Å². The molecule has 0 radical (unpaired) electrons. The lowest BCUT2D eigenvalue weighted by Crippen LogP contribution is -2.35. The van der Waals surface area contributed by atoms with Gasteiger partial charge in [0.2, 0.25) is 10.0 Å². The van der Waals surface area contributed by atoms with Gasteiger partial charge in [-0.25, -0.2) is 8.42 Å². The van der Waals surface area contributed by atoms with Crippen LogP contribution in [0.25, 0.3) is 21.9 Å². The molecule has 0 aliphatic rings. The van der Waals surface area contributed by atoms with E-state index in [9.17, 15) is 18.3 Å². The number of hydrogen-bond acceptors (Lipinski definition) is 7. The third-order valence-corrected chi connectivity index (χ3v) is 7.83. The van der Waals surface area contributed by atoms with Crippen LogP contribution in [0.1, 0.15) is 23.6 Å². The van der Waals surface area contributed by atoms with E-state index >= 15 is 0 Å². The second kappa shape index (κ2) is 8.46. The number of aromatic amines is 1. The van der Waals surface area contributed by atoms with E-state index in [0.29, 0.717) is 27.7 Å². The molecular weight excluding hydrogens is 436 g/mol. The third-order valence-electron chi connectivity index (χ3n) is 5.27. The van der Waals surface area contributed by atoms with E-state index in [2.05, 4.69) is 13.7 Å². The molecule has 2 aromatic heterocycles. The summed E-state index contributed by atoms with van der Waals surface area (Å²) < 4.78 is 36.6. The number of aryl methyl sites for hydroxylation is 2. The minimum atomic E-state index is -4.05. The summed E-state index contributed by atoms with van der Waals surface area (Å²) in [4.78, 5) is 15.5. The highest BCUT2D eigenvalue weighted by Crippen LogP contribution is 2.28. The highest BCUT2D eigenvalue weighted by molar-refractivity contribution is 7.89. The maximum absolute atomic E-state index is 13.6. The average Bonchev–Trinajstić information content (AvgIpc) is 3.21. The largest absolute Gasteiger partial charge is 0.395 e. The molecule has 162 valence electrons. The lowest BCUT2D eigenvalue weighted by molar-refractivity contribution is 0.251. The number of hydrogen-bond donors (Lipinski definition) is 2. The maximum atomic E-state index is 13.6. The number of fused-ring (bicyclic) bond motifs is 2. The van der Waals surface area contributed by atoms with Crippen molar-refractivity contribution in [2.75, 3.05) is 13.2 Å². The van der Waals surface area contributed by atoms with Crippen LogP contribution in [-0.4, -0.2) is 44.7 Å². The van der Waals surface area contributed by atoms with Crippen LogP contribution in [0, 0.1) is 6.92 Å². The van der Waals surface area contributed by atoms with Crippen LogP contribution >= 0.6 is 11.7 Å². The molecule has 2 N–H and O–H groups in total. The zero-order valence-corrected chi connectivity index (χ0v) is 18.8. The minimum absolute atomic E-state index is 0.0534. The Labute approximate surface area is 183 Å². The summed E-state index contributed by atoms with van der Waals surface area (Å²) in [7, 11) is -4.05. The number of pyridine rings is 1.